The van der Waals surface area contributed by atoms with Crippen molar-refractivity contribution in [2.75, 3.05) is 6.54 Å². The third-order valence-electron chi connectivity index (χ3n) is 1.70. The zero-order valence-corrected chi connectivity index (χ0v) is 6.87. The molecule has 4 nitrogen and oxygen atoms in total. The number of rotatable bonds is 3. The normalized spacial score (nSPS) is 22.9. The van der Waals surface area contributed by atoms with E-state index in [1.54, 1.807) is 0 Å². The van der Waals surface area contributed by atoms with Gasteiger partial charge in [-0.15, -0.1) is 0 Å². The number of amidine groups is 1. The van der Waals surface area contributed by atoms with Gasteiger partial charge in [-0.25, -0.2) is 0 Å². The number of carbonyl (C=O) groups is 1. The van der Waals surface area contributed by atoms with Gasteiger partial charge in [0.05, 0.1) is 0 Å². The maximum atomic E-state index is 10.5. The summed E-state index contributed by atoms with van der Waals surface area (Å²) in [6.07, 6.45) is 1.66. The van der Waals surface area contributed by atoms with Crippen LogP contribution in [-0.4, -0.2) is 29.7 Å². The van der Waals surface area contributed by atoms with Crippen LogP contribution in [0.2, 0.25) is 0 Å². The van der Waals surface area contributed by atoms with Gasteiger partial charge in [-0.3, -0.25) is 10.2 Å². The Morgan fingerprint density at radius 3 is 3.09 bits per heavy atom. The second-order valence-corrected chi connectivity index (χ2v) is 2.56. The summed E-state index contributed by atoms with van der Waals surface area (Å²) in [6, 6.07) is 0. The Labute approximate surface area is 66.3 Å². The van der Waals surface area contributed by atoms with Crippen LogP contribution in [0.1, 0.15) is 20.3 Å². The summed E-state index contributed by atoms with van der Waals surface area (Å²) >= 11 is 0. The molecule has 0 amide bonds. The van der Waals surface area contributed by atoms with Crippen molar-refractivity contribution < 1.29 is 4.79 Å². The summed E-state index contributed by atoms with van der Waals surface area (Å²) in [7, 11) is 0. The van der Waals surface area contributed by atoms with Crippen LogP contribution in [0.3, 0.4) is 0 Å². The first-order valence-corrected chi connectivity index (χ1v) is 3.81. The van der Waals surface area contributed by atoms with Crippen molar-refractivity contribution in [3.05, 3.63) is 0 Å². The number of nitrogens with zero attached hydrogens (tertiary/aromatic N) is 2. The highest BCUT2D eigenvalue weighted by Gasteiger charge is 2.22. The summed E-state index contributed by atoms with van der Waals surface area (Å²) < 4.78 is 0. The number of carbonyl (C=O) groups excluding carboxylic acids is 1. The van der Waals surface area contributed by atoms with Crippen molar-refractivity contribution >= 4 is 12.1 Å². The molecule has 1 N–H and O–H groups in total. The van der Waals surface area contributed by atoms with Gasteiger partial charge in [0.15, 0.2) is 12.5 Å². The summed E-state index contributed by atoms with van der Waals surface area (Å²) in [5, 5.41) is 3.95. The van der Waals surface area contributed by atoms with E-state index in [9.17, 15) is 4.79 Å². The molecular formula is C7H13N3O. The van der Waals surface area contributed by atoms with E-state index in [-0.39, 0.29) is 6.17 Å². The average molecular weight is 155 g/mol. The molecule has 0 radical (unpaired) electrons. The topological polar surface area (TPSA) is 44.7 Å². The Kier molecular flexibility index (Phi) is 2.46. The van der Waals surface area contributed by atoms with Gasteiger partial charge in [0.25, 0.3) is 0 Å². The highest BCUT2D eigenvalue weighted by molar-refractivity contribution is 5.84. The fourth-order valence-corrected chi connectivity index (χ4v) is 1.14. The molecule has 0 aromatic rings. The van der Waals surface area contributed by atoms with Gasteiger partial charge < -0.3 is 4.90 Å². The molecule has 0 bridgehead atoms. The lowest BCUT2D eigenvalue weighted by molar-refractivity contribution is -0.111. The van der Waals surface area contributed by atoms with E-state index in [0.717, 1.165) is 25.1 Å². The molecule has 4 heteroatoms. The minimum Gasteiger partial charge on any atom is -0.331 e. The summed E-state index contributed by atoms with van der Waals surface area (Å²) in [6.45, 7) is 4.85. The fraction of sp³-hybridized carbons (Fsp3) is 0.714. The van der Waals surface area contributed by atoms with Gasteiger partial charge in [-0.05, 0) is 13.3 Å². The van der Waals surface area contributed by atoms with Crippen LogP contribution in [0.15, 0.2) is 5.10 Å². The van der Waals surface area contributed by atoms with Crippen molar-refractivity contribution in [3.63, 3.8) is 0 Å². The largest absolute Gasteiger partial charge is 0.331 e. The summed E-state index contributed by atoms with van der Waals surface area (Å²) in [5.74, 6) is 0.893. The van der Waals surface area contributed by atoms with Gasteiger partial charge in [0.1, 0.15) is 5.84 Å². The van der Waals surface area contributed by atoms with Crippen molar-refractivity contribution in [2.24, 2.45) is 5.10 Å². The van der Waals surface area contributed by atoms with Crippen LogP contribution in [-0.2, 0) is 4.79 Å². The fourth-order valence-electron chi connectivity index (χ4n) is 1.14. The van der Waals surface area contributed by atoms with Gasteiger partial charge in [0.2, 0.25) is 0 Å². The molecular weight excluding hydrogens is 142 g/mol. The molecule has 1 heterocycles. The maximum Gasteiger partial charge on any atom is 0.172 e. The van der Waals surface area contributed by atoms with E-state index < -0.39 is 0 Å². The van der Waals surface area contributed by atoms with Gasteiger partial charge in [0, 0.05) is 6.54 Å². The third kappa shape index (κ3) is 1.50. The van der Waals surface area contributed by atoms with Crippen LogP contribution in [0.4, 0.5) is 0 Å². The highest BCUT2D eigenvalue weighted by Crippen LogP contribution is 2.04. The summed E-state index contributed by atoms with van der Waals surface area (Å²) in [4.78, 5) is 12.4. The lowest BCUT2D eigenvalue weighted by atomic mass is 10.3. The van der Waals surface area contributed by atoms with E-state index in [1.807, 2.05) is 11.8 Å². The SMILES string of the molecule is CCCN1C(C)=NNC1C=O. The van der Waals surface area contributed by atoms with E-state index in [2.05, 4.69) is 17.5 Å². The van der Waals surface area contributed by atoms with Gasteiger partial charge in [-0.2, -0.15) is 5.10 Å². The first kappa shape index (κ1) is 8.04. The molecule has 0 saturated heterocycles. The summed E-state index contributed by atoms with van der Waals surface area (Å²) in [5.41, 5.74) is 2.74. The quantitative estimate of drug-likeness (QED) is 0.590. The number of hydrogen-bond acceptors (Lipinski definition) is 4. The average Bonchev–Trinajstić information content (AvgIpc) is 2.34. The standard InChI is InChI=1S/C7H13N3O/c1-3-4-10-6(2)8-9-7(10)5-11/h5,7,9H,3-4H2,1-2H3. The molecule has 0 aromatic carbocycles. The molecule has 0 aliphatic carbocycles. The second kappa shape index (κ2) is 3.37. The van der Waals surface area contributed by atoms with Crippen molar-refractivity contribution in [2.45, 2.75) is 26.4 Å². The molecule has 1 rings (SSSR count). The van der Waals surface area contributed by atoms with Crippen molar-refractivity contribution in [3.8, 4) is 0 Å². The van der Waals surface area contributed by atoms with Crippen LogP contribution in [0.25, 0.3) is 0 Å². The predicted molar refractivity (Wildman–Crippen MR) is 43.1 cm³/mol. The Morgan fingerprint density at radius 2 is 2.55 bits per heavy atom. The molecule has 0 saturated carbocycles. The molecule has 0 aromatic heterocycles. The van der Waals surface area contributed by atoms with E-state index in [1.165, 1.54) is 0 Å². The molecule has 1 unspecified atom stereocenters. The molecule has 62 valence electrons. The smallest absolute Gasteiger partial charge is 0.172 e. The first-order chi connectivity index (χ1) is 5.29. The van der Waals surface area contributed by atoms with Crippen molar-refractivity contribution in [1.82, 2.24) is 10.3 Å². The molecule has 1 aliphatic heterocycles. The third-order valence-corrected chi connectivity index (χ3v) is 1.70. The van der Waals surface area contributed by atoms with Crippen LogP contribution >= 0.6 is 0 Å². The Hall–Kier alpha value is -1.06. The number of hydrazone groups is 1. The van der Waals surface area contributed by atoms with E-state index >= 15 is 0 Å². The Balaban J connectivity index is 2.56. The zero-order chi connectivity index (χ0) is 8.27. The highest BCUT2D eigenvalue weighted by atomic mass is 16.1. The first-order valence-electron chi connectivity index (χ1n) is 3.81. The van der Waals surface area contributed by atoms with Crippen LogP contribution in [0, 0.1) is 0 Å². The molecule has 1 aliphatic rings. The van der Waals surface area contributed by atoms with E-state index in [4.69, 9.17) is 0 Å². The maximum absolute atomic E-state index is 10.5. The van der Waals surface area contributed by atoms with Crippen LogP contribution in [0.5, 0.6) is 0 Å². The second-order valence-electron chi connectivity index (χ2n) is 2.56. The molecule has 0 fully saturated rings. The lowest BCUT2D eigenvalue weighted by Crippen LogP contribution is -2.40. The Bertz CT molecular complexity index is 179. The number of aldehydes is 1. The minimum atomic E-state index is -0.241. The number of hydrogen-bond donors (Lipinski definition) is 1. The Morgan fingerprint density at radius 1 is 1.82 bits per heavy atom. The number of nitrogens with one attached hydrogen (secondary N) is 1. The predicted octanol–water partition coefficient (Wildman–Crippen LogP) is 0.160. The van der Waals surface area contributed by atoms with E-state index in [0.29, 0.717) is 0 Å². The van der Waals surface area contributed by atoms with Crippen LogP contribution < -0.4 is 5.43 Å². The van der Waals surface area contributed by atoms with Gasteiger partial charge in [-0.1, -0.05) is 6.92 Å². The van der Waals surface area contributed by atoms with Gasteiger partial charge >= 0.3 is 0 Å². The zero-order valence-electron chi connectivity index (χ0n) is 6.87. The molecule has 11 heavy (non-hydrogen) atoms. The monoisotopic (exact) mass is 155 g/mol. The lowest BCUT2D eigenvalue weighted by Gasteiger charge is -2.20. The molecule has 1 atom stereocenters. The van der Waals surface area contributed by atoms with Crippen molar-refractivity contribution in [1.29, 1.82) is 0 Å². The molecule has 0 spiro atoms. The minimum absolute atomic E-state index is 0.241.